The zero-order chi connectivity index (χ0) is 21.1. The molecule has 0 saturated carbocycles. The van der Waals surface area contributed by atoms with Crippen LogP contribution >= 0.6 is 0 Å². The third kappa shape index (κ3) is 4.27. The number of aromatic nitrogens is 1. The van der Waals surface area contributed by atoms with Crippen LogP contribution in [0.1, 0.15) is 18.2 Å². The highest BCUT2D eigenvalue weighted by Gasteiger charge is 2.23. The van der Waals surface area contributed by atoms with Gasteiger partial charge in [0.25, 0.3) is 0 Å². The quantitative estimate of drug-likeness (QED) is 0.536. The Hall–Kier alpha value is -3.81. The standard InChI is InChI=1S/C22H23N5O3/c1-14(28)24-15-6-8-16(9-7-15)25-21(29)12-23-22(30)27-11-10-18-17-4-2-3-5-19(17)26-20(18)13-27/h2-9,26H,10-13H2,1H3,(H,23,30)(H,24,28)(H,25,29). The number of fused-ring (bicyclic) bond motifs is 3. The fourth-order valence-electron chi connectivity index (χ4n) is 3.68. The molecule has 4 amide bonds. The van der Waals surface area contributed by atoms with Crippen LogP contribution in [0, 0.1) is 0 Å². The van der Waals surface area contributed by atoms with E-state index in [1.165, 1.54) is 17.9 Å². The molecule has 4 rings (SSSR count). The van der Waals surface area contributed by atoms with Crippen LogP contribution in [-0.2, 0) is 22.6 Å². The van der Waals surface area contributed by atoms with Crippen LogP contribution in [0.3, 0.4) is 0 Å². The van der Waals surface area contributed by atoms with E-state index in [0.717, 1.165) is 17.6 Å². The lowest BCUT2D eigenvalue weighted by Gasteiger charge is -2.27. The molecule has 8 heteroatoms. The van der Waals surface area contributed by atoms with Crippen LogP contribution in [0.2, 0.25) is 0 Å². The van der Waals surface area contributed by atoms with Crippen molar-refractivity contribution in [3.63, 3.8) is 0 Å². The van der Waals surface area contributed by atoms with Crippen LogP contribution in [0.5, 0.6) is 0 Å². The van der Waals surface area contributed by atoms with E-state index in [4.69, 9.17) is 0 Å². The van der Waals surface area contributed by atoms with Crippen molar-refractivity contribution in [2.45, 2.75) is 19.9 Å². The van der Waals surface area contributed by atoms with Gasteiger partial charge in [-0.25, -0.2) is 4.79 Å². The van der Waals surface area contributed by atoms with Gasteiger partial charge < -0.3 is 25.8 Å². The second kappa shape index (κ2) is 8.28. The lowest BCUT2D eigenvalue weighted by atomic mass is 10.0. The number of hydrogen-bond donors (Lipinski definition) is 4. The average Bonchev–Trinajstić information content (AvgIpc) is 3.11. The third-order valence-electron chi connectivity index (χ3n) is 5.06. The van der Waals surface area contributed by atoms with E-state index in [1.54, 1.807) is 29.2 Å². The van der Waals surface area contributed by atoms with E-state index in [-0.39, 0.29) is 24.4 Å². The lowest BCUT2D eigenvalue weighted by Crippen LogP contribution is -2.45. The number of carbonyl (C=O) groups excluding carboxylic acids is 3. The summed E-state index contributed by atoms with van der Waals surface area (Å²) in [6.07, 6.45) is 0.777. The molecule has 1 aromatic heterocycles. The minimum atomic E-state index is -0.320. The van der Waals surface area contributed by atoms with Gasteiger partial charge in [0.1, 0.15) is 0 Å². The molecule has 0 saturated heterocycles. The molecule has 1 aliphatic rings. The van der Waals surface area contributed by atoms with Gasteiger partial charge in [-0.05, 0) is 42.3 Å². The normalized spacial score (nSPS) is 12.9. The van der Waals surface area contributed by atoms with Gasteiger partial charge in [-0.3, -0.25) is 9.59 Å². The first-order valence-corrected chi connectivity index (χ1v) is 9.78. The largest absolute Gasteiger partial charge is 0.357 e. The number of urea groups is 1. The summed E-state index contributed by atoms with van der Waals surface area (Å²) in [5, 5.41) is 9.27. The Balaban J connectivity index is 1.29. The molecule has 8 nitrogen and oxygen atoms in total. The Kier molecular flexibility index (Phi) is 5.38. The summed E-state index contributed by atoms with van der Waals surface area (Å²) in [6.45, 7) is 2.40. The van der Waals surface area contributed by atoms with Crippen LogP contribution in [0.25, 0.3) is 10.9 Å². The average molecular weight is 405 g/mol. The molecule has 0 unspecified atom stereocenters. The Bertz CT molecular complexity index is 1100. The number of amides is 4. The first-order valence-electron chi connectivity index (χ1n) is 9.78. The Morgan fingerprint density at radius 1 is 1.00 bits per heavy atom. The summed E-state index contributed by atoms with van der Waals surface area (Å²) in [7, 11) is 0. The summed E-state index contributed by atoms with van der Waals surface area (Å²) in [6, 6.07) is 14.6. The van der Waals surface area contributed by atoms with Gasteiger partial charge >= 0.3 is 6.03 Å². The summed E-state index contributed by atoms with van der Waals surface area (Å²) in [4.78, 5) is 40.8. The van der Waals surface area contributed by atoms with Gasteiger partial charge in [-0.15, -0.1) is 0 Å². The van der Waals surface area contributed by atoms with Crippen LogP contribution in [0.15, 0.2) is 48.5 Å². The molecular formula is C22H23N5O3. The van der Waals surface area contributed by atoms with Crippen LogP contribution in [-0.4, -0.2) is 40.8 Å². The fourth-order valence-corrected chi connectivity index (χ4v) is 3.68. The Morgan fingerprint density at radius 2 is 1.70 bits per heavy atom. The van der Waals surface area contributed by atoms with Crippen molar-refractivity contribution in [1.82, 2.24) is 15.2 Å². The van der Waals surface area contributed by atoms with Gasteiger partial charge in [0.15, 0.2) is 0 Å². The molecule has 3 aromatic rings. The molecule has 4 N–H and O–H groups in total. The highest BCUT2D eigenvalue weighted by molar-refractivity contribution is 5.95. The zero-order valence-corrected chi connectivity index (χ0v) is 16.6. The molecular weight excluding hydrogens is 382 g/mol. The molecule has 2 aromatic carbocycles. The molecule has 154 valence electrons. The molecule has 0 fully saturated rings. The Labute approximate surface area is 173 Å². The number of H-pyrrole nitrogens is 1. The number of rotatable bonds is 4. The summed E-state index contributed by atoms with van der Waals surface area (Å²) in [5.74, 6) is -0.481. The molecule has 30 heavy (non-hydrogen) atoms. The lowest BCUT2D eigenvalue weighted by molar-refractivity contribution is -0.115. The van der Waals surface area contributed by atoms with Crippen molar-refractivity contribution in [1.29, 1.82) is 0 Å². The number of anilines is 2. The third-order valence-corrected chi connectivity index (χ3v) is 5.06. The predicted molar refractivity (Wildman–Crippen MR) is 115 cm³/mol. The first-order chi connectivity index (χ1) is 14.5. The van der Waals surface area contributed by atoms with E-state index < -0.39 is 0 Å². The smallest absolute Gasteiger partial charge is 0.318 e. The maximum atomic E-state index is 12.5. The van der Waals surface area contributed by atoms with Crippen LogP contribution in [0.4, 0.5) is 16.2 Å². The minimum absolute atomic E-state index is 0.123. The van der Waals surface area contributed by atoms with Gasteiger partial charge in [-0.2, -0.15) is 0 Å². The molecule has 2 heterocycles. The number of nitrogens with zero attached hydrogens (tertiary/aromatic N) is 1. The predicted octanol–water partition coefficient (Wildman–Crippen LogP) is 2.83. The minimum Gasteiger partial charge on any atom is -0.357 e. The first kappa shape index (κ1) is 19.5. The van der Waals surface area contributed by atoms with E-state index in [9.17, 15) is 14.4 Å². The van der Waals surface area contributed by atoms with Gasteiger partial charge in [0, 0.05) is 41.4 Å². The second-order valence-corrected chi connectivity index (χ2v) is 7.26. The SMILES string of the molecule is CC(=O)Nc1ccc(NC(=O)CNC(=O)N2CCc3c([nH]c4ccccc34)C2)cc1. The number of aromatic amines is 1. The highest BCUT2D eigenvalue weighted by Crippen LogP contribution is 2.27. The van der Waals surface area contributed by atoms with E-state index >= 15 is 0 Å². The monoisotopic (exact) mass is 405 g/mol. The van der Waals surface area contributed by atoms with Crippen molar-refractivity contribution in [3.05, 3.63) is 59.8 Å². The zero-order valence-electron chi connectivity index (χ0n) is 16.6. The number of para-hydroxylation sites is 1. The van der Waals surface area contributed by atoms with Crippen molar-refractivity contribution in [2.24, 2.45) is 0 Å². The van der Waals surface area contributed by atoms with Gasteiger partial charge in [-0.1, -0.05) is 18.2 Å². The van der Waals surface area contributed by atoms with Crippen molar-refractivity contribution >= 4 is 40.1 Å². The number of hydrogen-bond acceptors (Lipinski definition) is 3. The van der Waals surface area contributed by atoms with E-state index in [2.05, 4.69) is 27.0 Å². The maximum Gasteiger partial charge on any atom is 0.318 e. The van der Waals surface area contributed by atoms with Crippen molar-refractivity contribution < 1.29 is 14.4 Å². The maximum absolute atomic E-state index is 12.5. The molecule has 0 spiro atoms. The molecule has 0 atom stereocenters. The summed E-state index contributed by atoms with van der Waals surface area (Å²) < 4.78 is 0. The van der Waals surface area contributed by atoms with E-state index in [0.29, 0.717) is 24.5 Å². The molecule has 0 aliphatic carbocycles. The fraction of sp³-hybridized carbons (Fsp3) is 0.227. The molecule has 0 radical (unpaired) electrons. The summed E-state index contributed by atoms with van der Waals surface area (Å²) >= 11 is 0. The summed E-state index contributed by atoms with van der Waals surface area (Å²) in [5.41, 5.74) is 4.62. The second-order valence-electron chi connectivity index (χ2n) is 7.26. The number of carbonyl (C=O) groups is 3. The van der Waals surface area contributed by atoms with Crippen molar-refractivity contribution in [2.75, 3.05) is 23.7 Å². The van der Waals surface area contributed by atoms with Crippen LogP contribution < -0.4 is 16.0 Å². The van der Waals surface area contributed by atoms with Gasteiger partial charge in [0.2, 0.25) is 11.8 Å². The topological polar surface area (TPSA) is 106 Å². The number of benzene rings is 2. The van der Waals surface area contributed by atoms with E-state index in [1.807, 2.05) is 18.2 Å². The molecule has 0 bridgehead atoms. The Morgan fingerprint density at radius 3 is 2.43 bits per heavy atom. The highest BCUT2D eigenvalue weighted by atomic mass is 16.2. The van der Waals surface area contributed by atoms with Gasteiger partial charge in [0.05, 0.1) is 13.1 Å². The number of nitrogens with one attached hydrogen (secondary N) is 4. The van der Waals surface area contributed by atoms with Crippen molar-refractivity contribution in [3.8, 4) is 0 Å². The molecule has 1 aliphatic heterocycles.